The lowest BCUT2D eigenvalue weighted by molar-refractivity contribution is 0.0673. The Kier molecular flexibility index (Phi) is 4.44. The van der Waals surface area contributed by atoms with Gasteiger partial charge < -0.3 is 4.74 Å². The summed E-state index contributed by atoms with van der Waals surface area (Å²) in [5, 5.41) is 0. The lowest BCUT2D eigenvalue weighted by Gasteiger charge is -2.33. The molecule has 0 radical (unpaired) electrons. The number of benzene rings is 3. The molecule has 2 aliphatic rings. The second-order valence-electron chi connectivity index (χ2n) is 7.72. The Bertz CT molecular complexity index is 1040. The van der Waals surface area contributed by atoms with E-state index < -0.39 is 0 Å². The topological polar surface area (TPSA) is 29.5 Å². The molecule has 0 spiro atoms. The molecule has 3 aromatic carbocycles. The van der Waals surface area contributed by atoms with Crippen LogP contribution >= 0.6 is 0 Å². The van der Waals surface area contributed by atoms with Crippen LogP contribution in [0.3, 0.4) is 0 Å². The van der Waals surface area contributed by atoms with Crippen LogP contribution in [-0.2, 0) is 4.74 Å². The number of hydrogen-bond donors (Lipinski definition) is 0. The number of amides is 1. The summed E-state index contributed by atoms with van der Waals surface area (Å²) in [6.07, 6.45) is 4.36. The molecular weight excluding hydrogens is 358 g/mol. The van der Waals surface area contributed by atoms with Gasteiger partial charge in [-0.15, -0.1) is 0 Å². The van der Waals surface area contributed by atoms with Gasteiger partial charge in [0.2, 0.25) is 0 Å². The van der Waals surface area contributed by atoms with Crippen molar-refractivity contribution in [3.8, 4) is 11.1 Å². The quantitative estimate of drug-likeness (QED) is 0.494. The van der Waals surface area contributed by atoms with Crippen molar-refractivity contribution < 1.29 is 9.53 Å². The fraction of sp³-hybridized carbons (Fsp3) is 0.192. The van der Waals surface area contributed by atoms with E-state index in [1.165, 1.54) is 5.56 Å². The number of ether oxygens (including phenoxy) is 1. The van der Waals surface area contributed by atoms with E-state index in [0.29, 0.717) is 6.54 Å². The molecule has 1 heterocycles. The van der Waals surface area contributed by atoms with Crippen LogP contribution in [0.1, 0.15) is 40.8 Å². The second kappa shape index (κ2) is 7.25. The predicted molar refractivity (Wildman–Crippen MR) is 115 cm³/mol. The summed E-state index contributed by atoms with van der Waals surface area (Å²) in [5.74, 6) is 0. The van der Waals surface area contributed by atoms with E-state index in [1.807, 2.05) is 35.2 Å². The molecule has 29 heavy (non-hydrogen) atoms. The van der Waals surface area contributed by atoms with Crippen LogP contribution in [0.2, 0.25) is 0 Å². The smallest absolute Gasteiger partial charge is 0.411 e. The molecule has 1 amide bonds. The average molecular weight is 381 g/mol. The number of carbonyl (C=O) groups excluding carboxylic acids is 1. The highest BCUT2D eigenvalue weighted by molar-refractivity contribution is 5.80. The van der Waals surface area contributed by atoms with E-state index in [-0.39, 0.29) is 18.2 Å². The standard InChI is InChI=1S/C26H23NO2/c1-18-13-15-19(16-14-18)24-12-6-7-17-27(24)26(28)29-25-22-10-4-2-8-20(22)21-9-3-5-11-23(21)25/h2-11,13-16,24-25H,12,17H2,1H3/t24-/m1/s1. The van der Waals surface area contributed by atoms with Crippen molar-refractivity contribution in [2.75, 3.05) is 6.54 Å². The van der Waals surface area contributed by atoms with E-state index in [1.54, 1.807) is 0 Å². The van der Waals surface area contributed by atoms with Gasteiger partial charge in [-0.05, 0) is 30.0 Å². The number of hydrogen-bond acceptors (Lipinski definition) is 2. The summed E-state index contributed by atoms with van der Waals surface area (Å²) in [4.78, 5) is 15.1. The van der Waals surface area contributed by atoms with Crippen LogP contribution in [-0.4, -0.2) is 17.5 Å². The molecule has 1 atom stereocenters. The Morgan fingerprint density at radius 3 is 2.14 bits per heavy atom. The largest absolute Gasteiger partial charge is 0.436 e. The SMILES string of the molecule is Cc1ccc([C@H]2CC=CCN2C(=O)OC2c3ccccc3-c3ccccc32)cc1. The molecule has 0 saturated heterocycles. The van der Waals surface area contributed by atoms with E-state index in [0.717, 1.165) is 34.2 Å². The van der Waals surface area contributed by atoms with Crippen molar-refractivity contribution in [3.63, 3.8) is 0 Å². The van der Waals surface area contributed by atoms with Crippen molar-refractivity contribution in [1.29, 1.82) is 0 Å². The summed E-state index contributed by atoms with van der Waals surface area (Å²) in [6, 6.07) is 24.8. The summed E-state index contributed by atoms with van der Waals surface area (Å²) >= 11 is 0. The predicted octanol–water partition coefficient (Wildman–Crippen LogP) is 6.20. The molecule has 0 saturated carbocycles. The minimum absolute atomic E-state index is 0.00000871. The Labute approximate surface area is 171 Å². The zero-order valence-corrected chi connectivity index (χ0v) is 16.4. The molecule has 5 rings (SSSR count). The number of fused-ring (bicyclic) bond motifs is 3. The maximum atomic E-state index is 13.3. The van der Waals surface area contributed by atoms with Gasteiger partial charge in [0, 0.05) is 17.7 Å². The molecule has 0 unspecified atom stereocenters. The van der Waals surface area contributed by atoms with Crippen molar-refractivity contribution in [1.82, 2.24) is 4.90 Å². The first-order chi connectivity index (χ1) is 14.2. The van der Waals surface area contributed by atoms with Crippen LogP contribution in [0.25, 0.3) is 11.1 Å². The number of rotatable bonds is 2. The third kappa shape index (κ3) is 3.13. The molecular formula is C26H23NO2. The van der Waals surface area contributed by atoms with Crippen molar-refractivity contribution in [2.45, 2.75) is 25.5 Å². The Morgan fingerprint density at radius 2 is 1.48 bits per heavy atom. The zero-order chi connectivity index (χ0) is 19.8. The van der Waals surface area contributed by atoms with Crippen LogP contribution in [0.4, 0.5) is 4.79 Å². The van der Waals surface area contributed by atoms with Gasteiger partial charge in [0.15, 0.2) is 6.10 Å². The van der Waals surface area contributed by atoms with Crippen LogP contribution in [0, 0.1) is 6.92 Å². The van der Waals surface area contributed by atoms with Crippen molar-refractivity contribution >= 4 is 6.09 Å². The molecule has 0 fully saturated rings. The average Bonchev–Trinajstić information content (AvgIpc) is 3.08. The molecule has 3 heteroatoms. The van der Waals surface area contributed by atoms with Gasteiger partial charge in [0.1, 0.15) is 0 Å². The van der Waals surface area contributed by atoms with E-state index in [9.17, 15) is 4.79 Å². The highest BCUT2D eigenvalue weighted by Crippen LogP contribution is 2.45. The first kappa shape index (κ1) is 17.7. The third-order valence-corrected chi connectivity index (χ3v) is 5.90. The minimum Gasteiger partial charge on any atom is -0.436 e. The summed E-state index contributed by atoms with van der Waals surface area (Å²) in [6.45, 7) is 2.64. The number of carbonyl (C=O) groups is 1. The van der Waals surface area contributed by atoms with E-state index >= 15 is 0 Å². The first-order valence-electron chi connectivity index (χ1n) is 10.1. The summed E-state index contributed by atoms with van der Waals surface area (Å²) < 4.78 is 6.13. The number of aryl methyl sites for hydroxylation is 1. The third-order valence-electron chi connectivity index (χ3n) is 5.90. The molecule has 0 aromatic heterocycles. The molecule has 3 aromatic rings. The fourth-order valence-corrected chi connectivity index (χ4v) is 4.38. The molecule has 1 aliphatic carbocycles. The molecule has 144 valence electrons. The highest BCUT2D eigenvalue weighted by Gasteiger charge is 2.34. The van der Waals surface area contributed by atoms with E-state index in [4.69, 9.17) is 4.74 Å². The Balaban J connectivity index is 1.45. The normalized spacial score (nSPS) is 17.7. The van der Waals surface area contributed by atoms with Crippen molar-refractivity contribution in [2.24, 2.45) is 0 Å². The van der Waals surface area contributed by atoms with Gasteiger partial charge in [-0.3, -0.25) is 4.90 Å². The van der Waals surface area contributed by atoms with Gasteiger partial charge in [0.05, 0.1) is 6.04 Å². The first-order valence-corrected chi connectivity index (χ1v) is 10.1. The van der Waals surface area contributed by atoms with Gasteiger partial charge in [-0.1, -0.05) is 90.5 Å². The van der Waals surface area contributed by atoms with Crippen LogP contribution < -0.4 is 0 Å². The minimum atomic E-state index is -0.362. The Hall–Kier alpha value is -3.33. The lowest BCUT2D eigenvalue weighted by atomic mass is 9.98. The number of nitrogens with zero attached hydrogens (tertiary/aromatic N) is 1. The fourth-order valence-electron chi connectivity index (χ4n) is 4.38. The van der Waals surface area contributed by atoms with Gasteiger partial charge in [0.25, 0.3) is 0 Å². The maximum Gasteiger partial charge on any atom is 0.411 e. The molecule has 0 bridgehead atoms. The van der Waals surface area contributed by atoms with Gasteiger partial charge in [-0.2, -0.15) is 0 Å². The molecule has 1 aliphatic heterocycles. The van der Waals surface area contributed by atoms with Crippen LogP contribution in [0.5, 0.6) is 0 Å². The monoisotopic (exact) mass is 381 g/mol. The second-order valence-corrected chi connectivity index (χ2v) is 7.72. The van der Waals surface area contributed by atoms with Crippen LogP contribution in [0.15, 0.2) is 84.9 Å². The summed E-state index contributed by atoms with van der Waals surface area (Å²) in [7, 11) is 0. The molecule has 0 N–H and O–H groups in total. The Morgan fingerprint density at radius 1 is 0.862 bits per heavy atom. The lowest BCUT2D eigenvalue weighted by Crippen LogP contribution is -2.37. The molecule has 3 nitrogen and oxygen atoms in total. The van der Waals surface area contributed by atoms with Gasteiger partial charge in [-0.25, -0.2) is 4.79 Å². The zero-order valence-electron chi connectivity index (χ0n) is 16.4. The highest BCUT2D eigenvalue weighted by atomic mass is 16.6. The van der Waals surface area contributed by atoms with E-state index in [2.05, 4.69) is 61.5 Å². The summed E-state index contributed by atoms with van der Waals surface area (Å²) in [5.41, 5.74) is 6.77. The van der Waals surface area contributed by atoms with Gasteiger partial charge >= 0.3 is 6.09 Å². The van der Waals surface area contributed by atoms with Crippen molar-refractivity contribution in [3.05, 3.63) is 107 Å². The maximum absolute atomic E-state index is 13.3.